The molecule has 0 saturated carbocycles. The van der Waals surface area contributed by atoms with Crippen LogP contribution < -0.4 is 10.2 Å². The van der Waals surface area contributed by atoms with Crippen molar-refractivity contribution in [2.75, 3.05) is 0 Å². The second-order valence-electron chi connectivity index (χ2n) is 2.79. The van der Waals surface area contributed by atoms with Gasteiger partial charge in [-0.05, 0) is 26.0 Å². The molecule has 2 heterocycles. The Balaban J connectivity index is -0.000000208. The van der Waals surface area contributed by atoms with E-state index >= 15 is 0 Å². The summed E-state index contributed by atoms with van der Waals surface area (Å²) in [5, 5.41) is 17.8. The van der Waals surface area contributed by atoms with Gasteiger partial charge in [0.1, 0.15) is 12.7 Å². The zero-order chi connectivity index (χ0) is 15.6. The van der Waals surface area contributed by atoms with Crippen LogP contribution in [-0.2, 0) is 30.0 Å². The summed E-state index contributed by atoms with van der Waals surface area (Å²) in [6.07, 6.45) is 9.75. The van der Waals surface area contributed by atoms with Gasteiger partial charge < -0.3 is 19.8 Å². The molecule has 2 rings (SSSR count). The number of aliphatic carboxylic acids is 2. The molecule has 0 fully saturated rings. The van der Waals surface area contributed by atoms with E-state index in [1.54, 1.807) is 36.9 Å². The van der Waals surface area contributed by atoms with Crippen LogP contribution in [0.3, 0.4) is 0 Å². The van der Waals surface area contributed by atoms with Gasteiger partial charge in [0.25, 0.3) is 0 Å². The van der Waals surface area contributed by atoms with Gasteiger partial charge in [-0.3, -0.25) is 0 Å². The van der Waals surface area contributed by atoms with Gasteiger partial charge in [0.2, 0.25) is 0 Å². The summed E-state index contributed by atoms with van der Waals surface area (Å²) < 4.78 is 0. The largest absolute Gasteiger partial charge is 2.00 e. The van der Waals surface area contributed by atoms with Crippen molar-refractivity contribution in [2.24, 2.45) is 0 Å². The smallest absolute Gasteiger partial charge is 0.550 e. The Kier molecular flexibility index (Phi) is 22.8. The zero-order valence-electron chi connectivity index (χ0n) is 11.4. The van der Waals surface area contributed by atoms with E-state index in [1.807, 2.05) is 0 Å². The quantitative estimate of drug-likeness (QED) is 0.499. The molecular weight excluding hydrogens is 371 g/mol. The van der Waals surface area contributed by atoms with E-state index in [0.717, 1.165) is 13.8 Å². The molecule has 0 bridgehead atoms. The van der Waals surface area contributed by atoms with Crippen LogP contribution in [-0.4, -0.2) is 31.9 Å². The Morgan fingerprint density at radius 2 is 0.905 bits per heavy atom. The second kappa shape index (κ2) is 20.1. The Labute approximate surface area is 136 Å². The van der Waals surface area contributed by atoms with Crippen LogP contribution in [0, 0.1) is 0 Å². The predicted molar refractivity (Wildman–Crippen MR) is 65.4 cm³/mol. The van der Waals surface area contributed by atoms with Crippen molar-refractivity contribution >= 4 is 11.9 Å². The minimum atomic E-state index is -1.08. The number of carbonyl (C=O) groups is 2. The van der Waals surface area contributed by atoms with Gasteiger partial charge in [-0.25, -0.2) is 19.9 Å². The molecule has 116 valence electrons. The molecule has 0 N–H and O–H groups in total. The van der Waals surface area contributed by atoms with Crippen molar-refractivity contribution in [1.82, 2.24) is 19.9 Å². The summed E-state index contributed by atoms with van der Waals surface area (Å²) in [4.78, 5) is 32.5. The van der Waals surface area contributed by atoms with Crippen molar-refractivity contribution in [3.05, 3.63) is 49.6 Å². The number of carboxylic acids is 2. The summed E-state index contributed by atoms with van der Waals surface area (Å²) in [5.74, 6) is -2.17. The molecule has 0 aromatic carbocycles. The molecule has 0 aliphatic heterocycles. The molecule has 0 amide bonds. The molecule has 8 nitrogen and oxygen atoms in total. The van der Waals surface area contributed by atoms with Crippen molar-refractivity contribution in [3.63, 3.8) is 0 Å². The van der Waals surface area contributed by atoms with Gasteiger partial charge in [-0.1, -0.05) is 0 Å². The summed E-state index contributed by atoms with van der Waals surface area (Å²) in [6, 6.07) is 3.56. The van der Waals surface area contributed by atoms with Crippen LogP contribution in [0.5, 0.6) is 0 Å². The topological polar surface area (TPSA) is 132 Å². The Morgan fingerprint density at radius 1 is 0.714 bits per heavy atom. The van der Waals surface area contributed by atoms with E-state index in [4.69, 9.17) is 19.8 Å². The number of carbonyl (C=O) groups excluding carboxylic acids is 2. The number of rotatable bonds is 0. The number of aromatic nitrogens is 4. The van der Waals surface area contributed by atoms with E-state index in [2.05, 4.69) is 19.9 Å². The van der Waals surface area contributed by atoms with Crippen LogP contribution in [0.4, 0.5) is 0 Å². The first-order valence-corrected chi connectivity index (χ1v) is 5.22. The SMILES string of the molecule is CC(=O)[O-].CC(=O)[O-].[Pd+2].c1cncnc1.c1cncnc1. The molecule has 0 unspecified atom stereocenters. The standard InChI is InChI=1S/2C4H4N2.2C2H4O2.Pd/c2*1-2-5-4-6-3-1;2*1-2(3)4;/h2*1-4H;2*1H3,(H,3,4);/q;;;;+2/p-2. The third-order valence-corrected chi connectivity index (χ3v) is 0.955. The first-order chi connectivity index (χ1) is 9.46. The van der Waals surface area contributed by atoms with Crippen LogP contribution in [0.2, 0.25) is 0 Å². The Morgan fingerprint density at radius 3 is 0.952 bits per heavy atom. The summed E-state index contributed by atoms with van der Waals surface area (Å²) >= 11 is 0. The molecule has 0 aliphatic carbocycles. The Bertz CT molecular complexity index is 341. The van der Waals surface area contributed by atoms with Gasteiger partial charge in [-0.2, -0.15) is 0 Å². The number of hydrogen-bond donors (Lipinski definition) is 0. The molecule has 2 aromatic rings. The molecule has 0 saturated heterocycles. The average Bonchev–Trinajstić information content (AvgIpc) is 2.42. The van der Waals surface area contributed by atoms with Crippen molar-refractivity contribution in [3.8, 4) is 0 Å². The van der Waals surface area contributed by atoms with Gasteiger partial charge in [0.15, 0.2) is 0 Å². The molecule has 0 aliphatic rings. The maximum atomic E-state index is 8.89. The maximum Gasteiger partial charge on any atom is 2.00 e. The van der Waals surface area contributed by atoms with Crippen molar-refractivity contribution in [2.45, 2.75) is 13.8 Å². The fourth-order valence-corrected chi connectivity index (χ4v) is 0.507. The normalized spacial score (nSPS) is 6.95. The van der Waals surface area contributed by atoms with Gasteiger partial charge in [0, 0.05) is 36.7 Å². The number of carboxylic acid groups (broad SMARTS) is 2. The molecule has 2 aromatic heterocycles. The minimum Gasteiger partial charge on any atom is -0.550 e. The molecule has 0 atom stereocenters. The predicted octanol–water partition coefficient (Wildman–Crippen LogP) is -1.54. The van der Waals surface area contributed by atoms with Gasteiger partial charge in [-0.15, -0.1) is 0 Å². The summed E-state index contributed by atoms with van der Waals surface area (Å²) in [5.41, 5.74) is 0. The summed E-state index contributed by atoms with van der Waals surface area (Å²) in [7, 11) is 0. The average molecular weight is 385 g/mol. The fourth-order valence-electron chi connectivity index (χ4n) is 0.507. The van der Waals surface area contributed by atoms with Crippen molar-refractivity contribution < 1.29 is 40.2 Å². The van der Waals surface area contributed by atoms with Crippen molar-refractivity contribution in [1.29, 1.82) is 0 Å². The van der Waals surface area contributed by atoms with E-state index in [0.29, 0.717) is 0 Å². The Hall–Kier alpha value is -2.24. The zero-order valence-corrected chi connectivity index (χ0v) is 12.9. The molecule has 0 spiro atoms. The number of hydrogen-bond acceptors (Lipinski definition) is 8. The van der Waals surface area contributed by atoms with Crippen LogP contribution in [0.25, 0.3) is 0 Å². The molecule has 9 heteroatoms. The third kappa shape index (κ3) is 46.3. The third-order valence-electron chi connectivity index (χ3n) is 0.955. The monoisotopic (exact) mass is 384 g/mol. The van der Waals surface area contributed by atoms with E-state index < -0.39 is 11.9 Å². The first-order valence-electron chi connectivity index (χ1n) is 5.22. The fraction of sp³-hybridized carbons (Fsp3) is 0.167. The molecular formula is C12H14N4O4Pd. The number of nitrogens with zero attached hydrogens (tertiary/aromatic N) is 4. The van der Waals surface area contributed by atoms with Crippen LogP contribution in [0.15, 0.2) is 49.6 Å². The van der Waals surface area contributed by atoms with E-state index in [1.165, 1.54) is 12.7 Å². The minimum absolute atomic E-state index is 0. The van der Waals surface area contributed by atoms with E-state index in [-0.39, 0.29) is 20.4 Å². The summed E-state index contributed by atoms with van der Waals surface area (Å²) in [6.45, 7) is 1.94. The van der Waals surface area contributed by atoms with Crippen LogP contribution in [0.1, 0.15) is 13.8 Å². The van der Waals surface area contributed by atoms with Gasteiger partial charge in [0.05, 0.1) is 0 Å². The van der Waals surface area contributed by atoms with Crippen LogP contribution >= 0.6 is 0 Å². The van der Waals surface area contributed by atoms with E-state index in [9.17, 15) is 0 Å². The molecule has 0 radical (unpaired) electrons. The maximum absolute atomic E-state index is 8.89. The first kappa shape index (κ1) is 23.8. The second-order valence-corrected chi connectivity index (χ2v) is 2.79. The molecule has 21 heavy (non-hydrogen) atoms. The van der Waals surface area contributed by atoms with Gasteiger partial charge >= 0.3 is 20.4 Å².